The van der Waals surface area contributed by atoms with Crippen molar-refractivity contribution in [1.82, 2.24) is 4.98 Å². The van der Waals surface area contributed by atoms with Crippen molar-refractivity contribution in [1.29, 1.82) is 0 Å². The smallest absolute Gasteiger partial charge is 0.341 e. The molecular formula is C22H23ClN2O6. The number of pyridine rings is 1. The lowest BCUT2D eigenvalue weighted by molar-refractivity contribution is -0.782. The second-order valence-corrected chi connectivity index (χ2v) is 8.52. The Hall–Kier alpha value is -2.71. The quantitative estimate of drug-likeness (QED) is 0.504. The van der Waals surface area contributed by atoms with Crippen molar-refractivity contribution in [2.45, 2.75) is 57.3 Å². The zero-order valence-electron chi connectivity index (χ0n) is 17.0. The molecular weight excluding hydrogens is 424 g/mol. The summed E-state index contributed by atoms with van der Waals surface area (Å²) in [7, 11) is 0. The van der Waals surface area contributed by atoms with Crippen LogP contribution >= 0.6 is 11.6 Å². The number of halogens is 1. The number of aromatic nitrogens is 1. The van der Waals surface area contributed by atoms with E-state index in [9.17, 15) is 20.0 Å². The molecule has 8 nitrogen and oxygen atoms in total. The molecule has 2 aromatic rings. The molecule has 31 heavy (non-hydrogen) atoms. The molecule has 4 rings (SSSR count). The lowest BCUT2D eigenvalue weighted by atomic mass is 9.71. The van der Waals surface area contributed by atoms with Crippen molar-refractivity contribution in [3.8, 4) is 0 Å². The zero-order valence-corrected chi connectivity index (χ0v) is 17.8. The van der Waals surface area contributed by atoms with E-state index in [1.807, 2.05) is 12.1 Å². The number of ether oxygens (including phenoxy) is 1. The van der Waals surface area contributed by atoms with Gasteiger partial charge in [0.1, 0.15) is 6.10 Å². The van der Waals surface area contributed by atoms with Gasteiger partial charge < -0.3 is 9.84 Å². The molecule has 1 aromatic heterocycles. The summed E-state index contributed by atoms with van der Waals surface area (Å²) in [5.74, 6) is -1.91. The highest BCUT2D eigenvalue weighted by atomic mass is 35.5. The molecule has 0 bridgehead atoms. The Bertz CT molecular complexity index is 1010. The Morgan fingerprint density at radius 1 is 1.29 bits per heavy atom. The van der Waals surface area contributed by atoms with Gasteiger partial charge in [-0.3, -0.25) is 9.82 Å². The van der Waals surface area contributed by atoms with E-state index in [0.29, 0.717) is 34.7 Å². The fraction of sp³-hybridized carbons (Fsp3) is 0.455. The maximum Gasteiger partial charge on any atom is 0.341 e. The molecule has 1 saturated carbocycles. The van der Waals surface area contributed by atoms with E-state index < -0.39 is 28.7 Å². The number of aryl methyl sites for hydroxylation is 1. The van der Waals surface area contributed by atoms with Gasteiger partial charge in [0.05, 0.1) is 6.61 Å². The second kappa shape index (κ2) is 8.43. The molecule has 1 fully saturated rings. The highest BCUT2D eigenvalue weighted by Crippen LogP contribution is 2.48. The second-order valence-electron chi connectivity index (χ2n) is 8.09. The summed E-state index contributed by atoms with van der Waals surface area (Å²) in [6.45, 7) is 1.78. The third-order valence-electron chi connectivity index (χ3n) is 6.35. The van der Waals surface area contributed by atoms with Crippen LogP contribution in [0.5, 0.6) is 0 Å². The summed E-state index contributed by atoms with van der Waals surface area (Å²) in [5, 5.41) is 21.5. The third kappa shape index (κ3) is 3.74. The van der Waals surface area contributed by atoms with Crippen LogP contribution in [0, 0.1) is 23.0 Å². The van der Waals surface area contributed by atoms with Gasteiger partial charge in [0.25, 0.3) is 5.09 Å². The van der Waals surface area contributed by atoms with Crippen LogP contribution in [-0.2, 0) is 26.6 Å². The van der Waals surface area contributed by atoms with Crippen LogP contribution in [0.15, 0.2) is 30.5 Å². The molecule has 2 atom stereocenters. The first-order valence-electron chi connectivity index (χ1n) is 10.3. The van der Waals surface area contributed by atoms with Crippen LogP contribution in [-0.4, -0.2) is 21.1 Å². The highest BCUT2D eigenvalue weighted by Gasteiger charge is 2.55. The molecule has 1 N–H and O–H groups in total. The van der Waals surface area contributed by atoms with Crippen LogP contribution in [0.4, 0.5) is 0 Å². The van der Waals surface area contributed by atoms with Crippen molar-refractivity contribution < 1.29 is 24.6 Å². The van der Waals surface area contributed by atoms with E-state index in [4.69, 9.17) is 21.2 Å². The van der Waals surface area contributed by atoms with Gasteiger partial charge in [0, 0.05) is 34.0 Å². The predicted octanol–water partition coefficient (Wildman–Crippen LogP) is 4.73. The van der Waals surface area contributed by atoms with Gasteiger partial charge >= 0.3 is 5.97 Å². The van der Waals surface area contributed by atoms with Crippen molar-refractivity contribution in [3.05, 3.63) is 73.5 Å². The van der Waals surface area contributed by atoms with Crippen LogP contribution in [0.2, 0.25) is 5.02 Å². The van der Waals surface area contributed by atoms with E-state index in [-0.39, 0.29) is 12.2 Å². The number of hydrogen-bond acceptors (Lipinski definition) is 6. The number of aliphatic carboxylic acids is 1. The van der Waals surface area contributed by atoms with Gasteiger partial charge in [-0.25, -0.2) is 4.79 Å². The molecule has 2 aliphatic rings. The van der Waals surface area contributed by atoms with Crippen molar-refractivity contribution in [2.24, 2.45) is 5.92 Å². The summed E-state index contributed by atoms with van der Waals surface area (Å²) in [6.07, 6.45) is 4.82. The first-order chi connectivity index (χ1) is 14.8. The minimum absolute atomic E-state index is 0.115. The Labute approximate surface area is 184 Å². The lowest BCUT2D eigenvalue weighted by Gasteiger charge is -2.38. The van der Waals surface area contributed by atoms with Crippen molar-refractivity contribution >= 4 is 17.6 Å². The summed E-state index contributed by atoms with van der Waals surface area (Å²) in [4.78, 5) is 33.7. The number of fused-ring (bicyclic) bond motifs is 1. The topological polar surface area (TPSA) is 112 Å². The van der Waals surface area contributed by atoms with Crippen LogP contribution in [0.3, 0.4) is 0 Å². The van der Waals surface area contributed by atoms with Crippen LogP contribution in [0.25, 0.3) is 0 Å². The average Bonchev–Trinajstić information content (AvgIpc) is 3.17. The maximum atomic E-state index is 12.7. The normalized spacial score (nSPS) is 20.6. The molecule has 9 heteroatoms. The monoisotopic (exact) mass is 446 g/mol. The van der Waals surface area contributed by atoms with Crippen molar-refractivity contribution in [2.75, 3.05) is 0 Å². The van der Waals surface area contributed by atoms with Crippen LogP contribution in [0.1, 0.15) is 66.2 Å². The Morgan fingerprint density at radius 3 is 2.58 bits per heavy atom. The van der Waals surface area contributed by atoms with Crippen molar-refractivity contribution in [3.63, 3.8) is 0 Å². The fourth-order valence-electron chi connectivity index (χ4n) is 4.99. The van der Waals surface area contributed by atoms with Crippen LogP contribution < -0.4 is 0 Å². The number of carboxylic acids is 1. The molecule has 1 unspecified atom stereocenters. The van der Waals surface area contributed by atoms with Gasteiger partial charge in [-0.05, 0) is 43.0 Å². The Kier molecular flexibility index (Phi) is 5.85. The molecule has 2 heterocycles. The standard InChI is InChI=1S/C22H23ClN2O6/c1-13-19(22(21(26)27,31-25(28)29)15-5-3-2-4-6-15)18-12-30-20(17(18)11-24-13)14-7-9-16(23)10-8-14/h7-11,15,20H,2-6,12H2,1H3,(H,26,27)/t20-,22?/m0/s1. The van der Waals surface area contributed by atoms with E-state index in [2.05, 4.69) is 4.98 Å². The number of hydrogen-bond donors (Lipinski definition) is 1. The van der Waals surface area contributed by atoms with E-state index >= 15 is 0 Å². The van der Waals surface area contributed by atoms with E-state index in [1.165, 1.54) is 0 Å². The third-order valence-corrected chi connectivity index (χ3v) is 6.60. The maximum absolute atomic E-state index is 12.7. The number of carboxylic acid groups (broad SMARTS) is 1. The molecule has 0 amide bonds. The molecule has 0 saturated heterocycles. The van der Waals surface area contributed by atoms with Gasteiger partial charge in [-0.1, -0.05) is 43.0 Å². The van der Waals surface area contributed by atoms with Gasteiger partial charge in [0.15, 0.2) is 0 Å². The average molecular weight is 447 g/mol. The van der Waals surface area contributed by atoms with E-state index in [1.54, 1.807) is 25.3 Å². The number of rotatable bonds is 6. The molecule has 1 aliphatic carbocycles. The number of benzene rings is 1. The predicted molar refractivity (Wildman–Crippen MR) is 111 cm³/mol. The minimum atomic E-state index is -2.12. The Morgan fingerprint density at radius 2 is 1.97 bits per heavy atom. The lowest BCUT2D eigenvalue weighted by Crippen LogP contribution is -2.49. The van der Waals surface area contributed by atoms with E-state index in [0.717, 1.165) is 24.8 Å². The molecule has 1 aromatic carbocycles. The zero-order chi connectivity index (χ0) is 22.2. The molecule has 0 radical (unpaired) electrons. The minimum Gasteiger partial charge on any atom is -0.479 e. The largest absolute Gasteiger partial charge is 0.479 e. The molecule has 0 spiro atoms. The summed E-state index contributed by atoms with van der Waals surface area (Å²) >= 11 is 5.99. The SMILES string of the molecule is Cc1ncc2c(c1C(O[N+](=O)[O-])(C(=O)O)C1CCCCC1)CO[C@H]2c1ccc(Cl)cc1. The number of nitrogens with zero attached hydrogens (tertiary/aromatic N) is 2. The molecule has 164 valence electrons. The summed E-state index contributed by atoms with van der Waals surface area (Å²) in [6, 6.07) is 7.17. The first kappa shape index (κ1) is 21.5. The number of carbonyl (C=O) groups is 1. The Balaban J connectivity index is 1.89. The molecule has 1 aliphatic heterocycles. The first-order valence-corrected chi connectivity index (χ1v) is 10.6. The van der Waals surface area contributed by atoms with Gasteiger partial charge in [0.2, 0.25) is 5.60 Å². The van der Waals surface area contributed by atoms with Gasteiger partial charge in [-0.2, -0.15) is 0 Å². The summed E-state index contributed by atoms with van der Waals surface area (Å²) in [5.41, 5.74) is 0.656. The van der Waals surface area contributed by atoms with Gasteiger partial charge in [-0.15, -0.1) is 10.1 Å². The fourth-order valence-corrected chi connectivity index (χ4v) is 5.11. The highest BCUT2D eigenvalue weighted by molar-refractivity contribution is 6.30. The summed E-state index contributed by atoms with van der Waals surface area (Å²) < 4.78 is 6.01.